The maximum absolute atomic E-state index is 12.5. The lowest BCUT2D eigenvalue weighted by atomic mass is 10.1. The van der Waals surface area contributed by atoms with Crippen molar-refractivity contribution in [1.29, 1.82) is 0 Å². The summed E-state index contributed by atoms with van der Waals surface area (Å²) < 4.78 is 10.4. The number of aliphatic imine (C=N–C) groups is 1. The number of hydrogen-bond acceptors (Lipinski definition) is 8. The Balaban J connectivity index is 0.631. The molecule has 0 atom stereocenters. The normalized spacial score (nSPS) is 14.9. The second-order valence-corrected chi connectivity index (χ2v) is 19.9. The summed E-state index contributed by atoms with van der Waals surface area (Å²) in [5.74, 6) is 0.170. The molecule has 6 aromatic rings. The number of pyridine rings is 2. The number of rotatable bonds is 26. The van der Waals surface area contributed by atoms with Gasteiger partial charge in [0.2, 0.25) is 11.0 Å². The van der Waals surface area contributed by atoms with Gasteiger partial charge in [0.05, 0.1) is 45.4 Å². The first-order valence-corrected chi connectivity index (χ1v) is 26.6. The number of allylic oxidation sites excluding steroid dienone is 4. The van der Waals surface area contributed by atoms with Crippen LogP contribution in [0.1, 0.15) is 75.3 Å². The third kappa shape index (κ3) is 13.9. The highest BCUT2D eigenvalue weighted by Crippen LogP contribution is 2.45. The zero-order chi connectivity index (χ0) is 48.3. The van der Waals surface area contributed by atoms with Crippen molar-refractivity contribution in [2.75, 3.05) is 56.7 Å². The fraction of sp³-hybridized carbons (Fsp3) is 0.322. The lowest BCUT2D eigenvalue weighted by Gasteiger charge is -2.17. The Morgan fingerprint density at radius 1 is 0.629 bits per heavy atom. The fourth-order valence-electron chi connectivity index (χ4n) is 8.94. The van der Waals surface area contributed by atoms with E-state index < -0.39 is 0 Å². The molecule has 0 fully saturated rings. The molecular weight excluding hydrogens is 905 g/mol. The molecule has 8 rings (SSSR count). The van der Waals surface area contributed by atoms with Gasteiger partial charge in [0, 0.05) is 74.0 Å². The standard InChI is InChI=1S/C59H66N6O3S2/c1-62-53-28-11-13-30-55(53)69-58(62)33-19-21-46-35-41-64(51-26-9-7-24-49(46)51)39-16-3-5-23-48(66)45-60-37-15-18-43-68-44-38-61-57(67)32-6-4-17-40-65-42-36-47(50-25-8-10-27-52(50)65)22-20-34-59-63(2)54-29-12-14-31-56(54)70-59/h7-14,19-22,24-31,33-36,41-42H,3-6,15-18,23,32,37-40,43-45H2,1-2H3. The first-order chi connectivity index (χ1) is 34.4. The van der Waals surface area contributed by atoms with Crippen molar-refractivity contribution in [3.05, 3.63) is 172 Å². The molecule has 0 spiro atoms. The van der Waals surface area contributed by atoms with Crippen LogP contribution in [0.2, 0.25) is 0 Å². The fourth-order valence-corrected chi connectivity index (χ4v) is 11.1. The lowest BCUT2D eigenvalue weighted by molar-refractivity contribution is -0.672. The summed E-state index contributed by atoms with van der Waals surface area (Å²) in [4.78, 5) is 23.8. The number of aromatic nitrogens is 2. The number of thioether (sulfide) groups is 2. The van der Waals surface area contributed by atoms with E-state index in [1.54, 1.807) is 23.5 Å². The van der Waals surface area contributed by atoms with Crippen LogP contribution in [0.25, 0.3) is 39.3 Å². The molecule has 0 N–H and O–H groups in total. The number of hydrogen-bond donors (Lipinski definition) is 0. The zero-order valence-electron chi connectivity index (χ0n) is 40.8. The van der Waals surface area contributed by atoms with Gasteiger partial charge in [0.15, 0.2) is 12.4 Å². The topological polar surface area (TPSA) is 90.1 Å². The minimum Gasteiger partial charge on any atom is -0.862 e. The van der Waals surface area contributed by atoms with Crippen molar-refractivity contribution in [2.24, 2.45) is 4.99 Å². The summed E-state index contributed by atoms with van der Waals surface area (Å²) in [5.41, 5.74) is 7.33. The summed E-state index contributed by atoms with van der Waals surface area (Å²) in [7, 11) is 4.24. The molecule has 0 bridgehead atoms. The summed E-state index contributed by atoms with van der Waals surface area (Å²) in [6, 6.07) is 38.6. The van der Waals surface area contributed by atoms with Gasteiger partial charge in [-0.1, -0.05) is 109 Å². The Kier molecular flexibility index (Phi) is 18.9. The molecule has 4 heterocycles. The van der Waals surface area contributed by atoms with Gasteiger partial charge >= 0.3 is 0 Å². The SMILES string of the molecule is CN1/C(=C/C=C/c2cc[n+](CCCCCC([O-])=NCCOCCCC[N-]CC(=O)CCCCC[n+]3ccc(/C=C/C=C4/Sc5ccccc5N4C)c4ccccc43)c3ccccc23)Sc2ccccc21. The van der Waals surface area contributed by atoms with Gasteiger partial charge in [-0.3, -0.25) is 0 Å². The molecule has 2 aliphatic heterocycles. The Morgan fingerprint density at radius 2 is 1.16 bits per heavy atom. The van der Waals surface area contributed by atoms with Gasteiger partial charge in [-0.25, -0.2) is 0 Å². The van der Waals surface area contributed by atoms with E-state index in [1.807, 2.05) is 0 Å². The van der Waals surface area contributed by atoms with Crippen LogP contribution in [0.4, 0.5) is 11.4 Å². The van der Waals surface area contributed by atoms with E-state index in [-0.39, 0.29) is 11.7 Å². The molecule has 362 valence electrons. The molecule has 9 nitrogen and oxygen atoms in total. The summed E-state index contributed by atoms with van der Waals surface area (Å²) in [5, 5.41) is 21.8. The number of benzene rings is 4. The minimum absolute atomic E-state index is 0.0447. The van der Waals surface area contributed by atoms with Crippen LogP contribution in [0, 0.1) is 0 Å². The highest BCUT2D eigenvalue weighted by molar-refractivity contribution is 8.04. The second kappa shape index (κ2) is 26.3. The number of para-hydroxylation sites is 4. The number of nitrogens with zero attached hydrogens (tertiary/aromatic N) is 6. The van der Waals surface area contributed by atoms with E-state index in [0.717, 1.165) is 64.5 Å². The van der Waals surface area contributed by atoms with Gasteiger partial charge in [0.25, 0.3) is 0 Å². The predicted octanol–water partition coefficient (Wildman–Crippen LogP) is 12.1. The molecule has 0 saturated carbocycles. The number of carbonyl (C=O) groups excluding carboxylic acids is 1. The quantitative estimate of drug-likeness (QED) is 0.0231. The Hall–Kier alpha value is -5.98. The molecule has 2 aliphatic rings. The molecule has 0 radical (unpaired) electrons. The van der Waals surface area contributed by atoms with E-state index in [9.17, 15) is 9.90 Å². The van der Waals surface area contributed by atoms with Crippen LogP contribution < -0.4 is 24.0 Å². The van der Waals surface area contributed by atoms with Crippen LogP contribution in [0.5, 0.6) is 0 Å². The highest BCUT2D eigenvalue weighted by Gasteiger charge is 2.22. The molecular formula is C59H66N6O3S2. The van der Waals surface area contributed by atoms with Crippen molar-refractivity contribution < 1.29 is 23.8 Å². The van der Waals surface area contributed by atoms with E-state index in [0.29, 0.717) is 45.7 Å². The highest BCUT2D eigenvalue weighted by atomic mass is 32.2. The van der Waals surface area contributed by atoms with Gasteiger partial charge < -0.3 is 34.7 Å². The predicted molar refractivity (Wildman–Crippen MR) is 291 cm³/mol. The molecule has 2 aromatic heterocycles. The first kappa shape index (κ1) is 50.4. The van der Waals surface area contributed by atoms with Crippen molar-refractivity contribution in [2.45, 2.75) is 87.1 Å². The molecule has 0 amide bonds. The maximum atomic E-state index is 12.5. The van der Waals surface area contributed by atoms with E-state index in [1.165, 1.54) is 64.2 Å². The van der Waals surface area contributed by atoms with Gasteiger partial charge in [0.1, 0.15) is 18.9 Å². The van der Waals surface area contributed by atoms with Gasteiger partial charge in [-0.2, -0.15) is 9.13 Å². The third-order valence-corrected chi connectivity index (χ3v) is 15.2. The average molecular weight is 971 g/mol. The number of ether oxygens (including phenoxy) is 1. The molecule has 0 saturated heterocycles. The number of anilines is 2. The van der Waals surface area contributed by atoms with Crippen molar-refractivity contribution in [1.82, 2.24) is 0 Å². The molecule has 4 aromatic carbocycles. The zero-order valence-corrected chi connectivity index (χ0v) is 42.4. The minimum atomic E-state index is -0.0447. The van der Waals surface area contributed by atoms with E-state index in [4.69, 9.17) is 4.74 Å². The van der Waals surface area contributed by atoms with E-state index in [2.05, 4.69) is 201 Å². The smallest absolute Gasteiger partial charge is 0.213 e. The maximum Gasteiger partial charge on any atom is 0.213 e. The molecule has 0 unspecified atom stereocenters. The Labute approximate surface area is 423 Å². The number of carbonyl (C=O) groups is 1. The van der Waals surface area contributed by atoms with Crippen LogP contribution in [-0.4, -0.2) is 58.6 Å². The number of Topliss-reactive ketones (excluding diaryl/α,β-unsaturated/α-hetero) is 1. The number of unbranched alkanes of at least 4 members (excludes halogenated alkanes) is 5. The molecule has 0 aliphatic carbocycles. The first-order valence-electron chi connectivity index (χ1n) is 25.0. The van der Waals surface area contributed by atoms with Crippen LogP contribution in [0.3, 0.4) is 0 Å². The molecule has 11 heteroatoms. The number of fused-ring (bicyclic) bond motifs is 4. The summed E-state index contributed by atoms with van der Waals surface area (Å²) in [6.45, 7) is 4.23. The third-order valence-electron chi connectivity index (χ3n) is 12.8. The van der Waals surface area contributed by atoms with Crippen LogP contribution in [-0.2, 0) is 22.6 Å². The van der Waals surface area contributed by atoms with Crippen LogP contribution >= 0.6 is 23.5 Å². The average Bonchev–Trinajstić information content (AvgIpc) is 3.88. The van der Waals surface area contributed by atoms with Crippen molar-refractivity contribution >= 4 is 80.5 Å². The van der Waals surface area contributed by atoms with Crippen molar-refractivity contribution in [3.63, 3.8) is 0 Å². The van der Waals surface area contributed by atoms with Crippen LogP contribution in [0.15, 0.2) is 171 Å². The number of aryl methyl sites for hydroxylation is 2. The number of ketones is 1. The second-order valence-electron chi connectivity index (χ2n) is 17.8. The van der Waals surface area contributed by atoms with E-state index >= 15 is 0 Å². The molecule has 70 heavy (non-hydrogen) atoms. The summed E-state index contributed by atoms with van der Waals surface area (Å²) in [6.07, 6.45) is 25.9. The van der Waals surface area contributed by atoms with Crippen molar-refractivity contribution in [3.8, 4) is 0 Å². The summed E-state index contributed by atoms with van der Waals surface area (Å²) >= 11 is 3.60. The lowest BCUT2D eigenvalue weighted by Crippen LogP contribution is -2.34. The Bertz CT molecular complexity index is 2870. The monoisotopic (exact) mass is 970 g/mol. The Morgan fingerprint density at radius 3 is 1.73 bits per heavy atom. The van der Waals surface area contributed by atoms with Gasteiger partial charge in [-0.15, -0.1) is 6.54 Å². The largest absolute Gasteiger partial charge is 0.862 e. The van der Waals surface area contributed by atoms with Gasteiger partial charge in [-0.05, 0) is 104 Å².